The average Bonchev–Trinajstić information content (AvgIpc) is 3.91. The fourth-order valence-electron chi connectivity index (χ4n) is 8.50. The molecule has 360 valence electrons. The number of nitrogens with zero attached hydrogens (tertiary/aromatic N) is 7. The first kappa shape index (κ1) is 51.5. The third-order valence-electron chi connectivity index (χ3n) is 11.8. The molecule has 27 heteroatoms. The number of aromatic nitrogens is 7. The molecule has 1 saturated carbocycles. The molecule has 3 aromatic heterocycles. The number of carbonyl (C=O) groups excluding carboxylic acids is 1. The molecule has 0 radical (unpaired) electrons. The van der Waals surface area contributed by atoms with Crippen LogP contribution in [0.4, 0.5) is 5.95 Å². The number of hydrogen-bond donors (Lipinski definition) is 3. The second-order valence-corrected chi connectivity index (χ2v) is 30.5. The molecule has 3 fully saturated rings. The summed E-state index contributed by atoms with van der Waals surface area (Å²) in [6.07, 6.45) is -2.15. The van der Waals surface area contributed by atoms with Gasteiger partial charge < -0.3 is 40.9 Å². The number of ether oxygens (including phenoxy) is 2. The number of carbonyl (C=O) groups is 1. The molecule has 3 aliphatic rings. The predicted octanol–water partition coefficient (Wildman–Crippen LogP) is 5.93. The van der Waals surface area contributed by atoms with Crippen molar-refractivity contribution in [3.8, 4) is 11.9 Å². The van der Waals surface area contributed by atoms with Crippen molar-refractivity contribution in [1.29, 1.82) is 5.26 Å². The van der Waals surface area contributed by atoms with Gasteiger partial charge in [-0.25, -0.2) is 9.97 Å². The van der Waals surface area contributed by atoms with Crippen molar-refractivity contribution in [1.82, 2.24) is 34.9 Å². The van der Waals surface area contributed by atoms with E-state index < -0.39 is 86.2 Å². The first-order valence-corrected chi connectivity index (χ1v) is 29.6. The molecule has 0 spiro atoms. The molecular formula is C38H61N9O13P2SSi2. The van der Waals surface area contributed by atoms with Crippen LogP contribution in [0.3, 0.4) is 0 Å². The molecule has 22 nitrogen and oxygen atoms in total. The van der Waals surface area contributed by atoms with E-state index in [2.05, 4.69) is 97.0 Å². The van der Waals surface area contributed by atoms with Gasteiger partial charge in [-0.3, -0.25) is 29.0 Å². The second kappa shape index (κ2) is 21.6. The molecule has 65 heavy (non-hydrogen) atoms. The maximum Gasteiger partial charge on any atom is 0.335 e. The molecule has 2 saturated heterocycles. The first-order valence-electron chi connectivity index (χ1n) is 21.8. The summed E-state index contributed by atoms with van der Waals surface area (Å²) in [7, 11) is -9.80. The average molecular weight is 1000 g/mol. The summed E-state index contributed by atoms with van der Waals surface area (Å²) in [5, 5.41) is 20.7. The smallest absolute Gasteiger partial charge is 0.335 e. The minimum Gasteiger partial charge on any atom is -0.474 e. The Morgan fingerprint density at radius 3 is 2.43 bits per heavy atom. The Morgan fingerprint density at radius 1 is 1.11 bits per heavy atom. The standard InChI is InChI=1S/C38H61N9O13P2SSi2/c1-21(2)35(48)43-38-42-34-31(36(49)44-38)45-46-47(34)37-33(32-29(56-37)19-54-64(22(3)4,23(5)6)60-65(59-32,24(7)8)25(9)10)58-62(63,52-15-11-13-39)53-18-26-16-27(17-28(26)57-61(50)51)55-30-12-14-40-20-41-30/h12,14,20-29,32-33,37,61H,11,15-19H2,1-10H3,(H,50,51)(H2,42,43,44,48,49)/t26-,27-,28+,29-,32-,33-,37-,62?/m1/s1. The minimum absolute atomic E-state index is 0.0226. The highest BCUT2D eigenvalue weighted by Crippen LogP contribution is 2.57. The van der Waals surface area contributed by atoms with Gasteiger partial charge in [0.1, 0.15) is 30.7 Å². The molecule has 0 bridgehead atoms. The van der Waals surface area contributed by atoms with Crippen LogP contribution in [-0.2, 0) is 57.0 Å². The van der Waals surface area contributed by atoms with E-state index >= 15 is 0 Å². The van der Waals surface area contributed by atoms with Gasteiger partial charge in [-0.15, -0.1) is 5.10 Å². The maximum atomic E-state index is 13.4. The van der Waals surface area contributed by atoms with Crippen LogP contribution in [0.1, 0.15) is 94.7 Å². The van der Waals surface area contributed by atoms with Gasteiger partial charge in [0.25, 0.3) is 5.56 Å². The molecule has 3 aromatic rings. The van der Waals surface area contributed by atoms with E-state index in [4.69, 9.17) is 52.3 Å². The van der Waals surface area contributed by atoms with Crippen molar-refractivity contribution in [3.63, 3.8) is 0 Å². The SMILES string of the molecule is CC(C)C(=O)Nc1nc2c(nnn2[C@@H]2O[C@@H]3CO[Si](C(C)C)(C(C)C)O[Si](C(C)C)(C(C)C)O[C@H]3[C@H]2OP(=S)(OCCC#N)OC[C@H]2C[C@@H](Oc3ccncn3)C[C@@H]2O[PH](=O)O)c(=O)[nH]1. The lowest BCUT2D eigenvalue weighted by molar-refractivity contribution is -0.118. The van der Waals surface area contributed by atoms with Crippen molar-refractivity contribution >= 4 is 66.9 Å². The van der Waals surface area contributed by atoms with Gasteiger partial charge >= 0.3 is 32.1 Å². The van der Waals surface area contributed by atoms with E-state index in [9.17, 15) is 24.3 Å². The fraction of sp³-hybridized carbons (Fsp3) is 0.737. The first-order chi connectivity index (χ1) is 30.7. The number of nitrogens with one attached hydrogen (secondary N) is 2. The summed E-state index contributed by atoms with van der Waals surface area (Å²) in [5.41, 5.74) is -1.00. The Bertz CT molecular complexity index is 2270. The maximum absolute atomic E-state index is 13.4. The van der Waals surface area contributed by atoms with Gasteiger partial charge in [0.2, 0.25) is 17.7 Å². The molecular weight excluding hydrogens is 941 g/mol. The minimum atomic E-state index is -3.97. The number of rotatable bonds is 19. The zero-order valence-electron chi connectivity index (χ0n) is 38.2. The Hall–Kier alpha value is -2.93. The zero-order chi connectivity index (χ0) is 47.4. The molecule has 6 rings (SSSR count). The highest BCUT2D eigenvalue weighted by atomic mass is 32.5. The molecule has 3 N–H and O–H groups in total. The summed E-state index contributed by atoms with van der Waals surface area (Å²) in [6, 6.07) is 3.66. The number of nitriles is 1. The zero-order valence-corrected chi connectivity index (χ0v) is 42.9. The number of hydrogen-bond acceptors (Lipinski definition) is 19. The Kier molecular flexibility index (Phi) is 17.1. The van der Waals surface area contributed by atoms with E-state index in [0.29, 0.717) is 12.3 Å². The van der Waals surface area contributed by atoms with Crippen LogP contribution in [0, 0.1) is 23.2 Å². The highest BCUT2D eigenvalue weighted by Gasteiger charge is 2.63. The van der Waals surface area contributed by atoms with E-state index in [1.54, 1.807) is 19.9 Å². The van der Waals surface area contributed by atoms with E-state index in [1.165, 1.54) is 17.2 Å². The van der Waals surface area contributed by atoms with Crippen molar-refractivity contribution in [2.75, 3.05) is 25.1 Å². The predicted molar refractivity (Wildman–Crippen MR) is 244 cm³/mol. The number of fused-ring (bicyclic) bond motifs is 2. The van der Waals surface area contributed by atoms with Gasteiger partial charge in [0.05, 0.1) is 38.4 Å². The lowest BCUT2D eigenvalue weighted by Crippen LogP contribution is -2.65. The van der Waals surface area contributed by atoms with Crippen LogP contribution in [0.15, 0.2) is 23.4 Å². The topological polar surface area (TPSA) is 276 Å². The largest absolute Gasteiger partial charge is 0.474 e. The van der Waals surface area contributed by atoms with Crippen LogP contribution in [0.2, 0.25) is 22.2 Å². The summed E-state index contributed by atoms with van der Waals surface area (Å²) < 4.78 is 73.4. The van der Waals surface area contributed by atoms with Gasteiger partial charge in [-0.1, -0.05) is 74.5 Å². The van der Waals surface area contributed by atoms with Crippen molar-refractivity contribution in [2.45, 2.75) is 147 Å². The van der Waals surface area contributed by atoms with Crippen molar-refractivity contribution < 1.29 is 54.8 Å². The third-order valence-corrected chi connectivity index (χ3v) is 24.9. The summed E-state index contributed by atoms with van der Waals surface area (Å²) in [5.74, 6) is -1.16. The normalized spacial score (nSPS) is 26.8. The molecule has 1 aliphatic carbocycles. The van der Waals surface area contributed by atoms with Gasteiger partial charge in [0, 0.05) is 30.5 Å². The van der Waals surface area contributed by atoms with Crippen LogP contribution < -0.4 is 15.6 Å². The number of anilines is 1. The Morgan fingerprint density at radius 2 is 1.82 bits per heavy atom. The highest BCUT2D eigenvalue weighted by molar-refractivity contribution is 8.07. The molecule has 9 atom stereocenters. The Labute approximate surface area is 385 Å². The molecule has 1 amide bonds. The van der Waals surface area contributed by atoms with Gasteiger partial charge in [-0.2, -0.15) is 14.9 Å². The third kappa shape index (κ3) is 11.5. The number of H-pyrrole nitrogens is 1. The second-order valence-electron chi connectivity index (χ2n) is 17.9. The van der Waals surface area contributed by atoms with Crippen LogP contribution in [0.25, 0.3) is 11.2 Å². The van der Waals surface area contributed by atoms with E-state index in [1.807, 2.05) is 0 Å². The molecule has 0 aromatic carbocycles. The molecule has 2 aliphatic heterocycles. The summed E-state index contributed by atoms with van der Waals surface area (Å²) in [4.78, 5) is 51.2. The summed E-state index contributed by atoms with van der Waals surface area (Å²) in [6.45, 7) is 15.8. The molecule has 5 heterocycles. The van der Waals surface area contributed by atoms with Gasteiger partial charge in [0.15, 0.2) is 17.4 Å². The van der Waals surface area contributed by atoms with E-state index in [-0.39, 0.29) is 77.8 Å². The quantitative estimate of drug-likeness (QED) is 0.0712. The molecule has 2 unspecified atom stereocenters. The lowest BCUT2D eigenvalue weighted by Gasteiger charge is -2.51. The van der Waals surface area contributed by atoms with Crippen LogP contribution in [0.5, 0.6) is 5.88 Å². The lowest BCUT2D eigenvalue weighted by atomic mass is 10.1. The van der Waals surface area contributed by atoms with E-state index in [0.717, 1.165) is 0 Å². The van der Waals surface area contributed by atoms with Crippen molar-refractivity contribution in [2.24, 2.45) is 11.8 Å². The Balaban J connectivity index is 1.44. The number of aromatic amines is 1. The summed E-state index contributed by atoms with van der Waals surface area (Å²) >= 11 is 6.18. The van der Waals surface area contributed by atoms with Crippen molar-refractivity contribution in [3.05, 3.63) is 28.9 Å². The monoisotopic (exact) mass is 1000 g/mol. The van der Waals surface area contributed by atoms with Gasteiger partial charge in [-0.05, 0) is 40.4 Å². The number of amides is 1. The fourth-order valence-corrected chi connectivity index (χ4v) is 22.4. The van der Waals surface area contributed by atoms with Crippen LogP contribution >= 0.6 is 15.0 Å². The van der Waals surface area contributed by atoms with Crippen LogP contribution in [-0.4, -0.2) is 113 Å².